The Labute approximate surface area is 123 Å². The Morgan fingerprint density at radius 2 is 2.40 bits per heavy atom. The monoisotopic (exact) mass is 292 g/mol. The van der Waals surface area contributed by atoms with Gasteiger partial charge in [-0.25, -0.2) is 0 Å². The molecule has 2 aromatic rings. The molecular formula is C15H20N2O2S. The molecule has 3 rings (SSSR count). The molecule has 1 N–H and O–H groups in total. The molecule has 1 fully saturated rings. The van der Waals surface area contributed by atoms with Crippen molar-refractivity contribution in [2.75, 3.05) is 19.8 Å². The van der Waals surface area contributed by atoms with E-state index in [4.69, 9.17) is 21.7 Å². The predicted octanol–water partition coefficient (Wildman–Crippen LogP) is 3.52. The van der Waals surface area contributed by atoms with Crippen LogP contribution in [0.15, 0.2) is 18.2 Å². The fourth-order valence-corrected chi connectivity index (χ4v) is 3.07. The summed E-state index contributed by atoms with van der Waals surface area (Å²) in [4.78, 5) is 3.28. The Hall–Kier alpha value is -1.33. The zero-order valence-electron chi connectivity index (χ0n) is 11.7. The van der Waals surface area contributed by atoms with Crippen molar-refractivity contribution in [3.8, 4) is 5.75 Å². The van der Waals surface area contributed by atoms with Crippen molar-refractivity contribution < 1.29 is 9.47 Å². The first kappa shape index (κ1) is 13.6. The fraction of sp³-hybridized carbons (Fsp3) is 0.533. The minimum absolute atomic E-state index is 0.657. The van der Waals surface area contributed by atoms with Crippen molar-refractivity contribution in [1.29, 1.82) is 0 Å². The van der Waals surface area contributed by atoms with Crippen LogP contribution in [-0.4, -0.2) is 29.4 Å². The molecule has 1 saturated heterocycles. The maximum Gasteiger partial charge on any atom is 0.178 e. The van der Waals surface area contributed by atoms with Crippen LogP contribution < -0.4 is 4.74 Å². The summed E-state index contributed by atoms with van der Waals surface area (Å²) >= 11 is 5.46. The van der Waals surface area contributed by atoms with Crippen LogP contribution in [0.25, 0.3) is 11.0 Å². The molecule has 1 aliphatic heterocycles. The fourth-order valence-electron chi connectivity index (χ4n) is 2.77. The average Bonchev–Trinajstić information content (AvgIpc) is 3.05. The van der Waals surface area contributed by atoms with E-state index in [1.165, 1.54) is 6.42 Å². The van der Waals surface area contributed by atoms with Crippen molar-refractivity contribution in [3.63, 3.8) is 0 Å². The van der Waals surface area contributed by atoms with Crippen molar-refractivity contribution in [3.05, 3.63) is 23.0 Å². The summed E-state index contributed by atoms with van der Waals surface area (Å²) in [5.41, 5.74) is 2.13. The van der Waals surface area contributed by atoms with Crippen molar-refractivity contribution in [2.24, 2.45) is 5.92 Å². The van der Waals surface area contributed by atoms with Gasteiger partial charge in [0, 0.05) is 19.8 Å². The second kappa shape index (κ2) is 5.97. The maximum atomic E-state index is 5.65. The van der Waals surface area contributed by atoms with E-state index in [-0.39, 0.29) is 0 Å². The number of imidazole rings is 1. The number of benzene rings is 1. The number of H-pyrrole nitrogens is 1. The SMILES string of the molecule is CCOc1cccc2c1[nH]c(=S)n2CCC1CCOC1. The highest BCUT2D eigenvalue weighted by molar-refractivity contribution is 7.71. The lowest BCUT2D eigenvalue weighted by Crippen LogP contribution is -2.06. The first-order valence-corrected chi connectivity index (χ1v) is 7.62. The highest BCUT2D eigenvalue weighted by atomic mass is 32.1. The van der Waals surface area contributed by atoms with Gasteiger partial charge in [-0.3, -0.25) is 0 Å². The second-order valence-corrected chi connectivity index (χ2v) is 5.57. The lowest BCUT2D eigenvalue weighted by atomic mass is 10.1. The van der Waals surface area contributed by atoms with Gasteiger partial charge < -0.3 is 19.0 Å². The van der Waals surface area contributed by atoms with Crippen LogP contribution in [0, 0.1) is 10.7 Å². The highest BCUT2D eigenvalue weighted by Crippen LogP contribution is 2.26. The molecule has 1 aliphatic rings. The third-order valence-electron chi connectivity index (χ3n) is 3.86. The van der Waals surface area contributed by atoms with E-state index in [1.54, 1.807) is 0 Å². The number of nitrogens with one attached hydrogen (secondary N) is 1. The summed E-state index contributed by atoms with van der Waals surface area (Å²) in [5.74, 6) is 1.54. The number of nitrogens with zero attached hydrogens (tertiary/aromatic N) is 1. The molecule has 1 aromatic heterocycles. The van der Waals surface area contributed by atoms with Crippen LogP contribution in [0.1, 0.15) is 19.8 Å². The van der Waals surface area contributed by atoms with E-state index in [9.17, 15) is 0 Å². The molecule has 5 heteroatoms. The van der Waals surface area contributed by atoms with Gasteiger partial charge in [-0.2, -0.15) is 0 Å². The predicted molar refractivity (Wildman–Crippen MR) is 81.8 cm³/mol. The zero-order chi connectivity index (χ0) is 13.9. The number of hydrogen-bond acceptors (Lipinski definition) is 3. The minimum Gasteiger partial charge on any atom is -0.492 e. The number of aromatic amines is 1. The molecule has 20 heavy (non-hydrogen) atoms. The van der Waals surface area contributed by atoms with E-state index in [1.807, 2.05) is 19.1 Å². The average molecular weight is 292 g/mol. The molecule has 0 saturated carbocycles. The lowest BCUT2D eigenvalue weighted by Gasteiger charge is -2.09. The van der Waals surface area contributed by atoms with Gasteiger partial charge in [0.25, 0.3) is 0 Å². The van der Waals surface area contributed by atoms with Gasteiger partial charge in [0.2, 0.25) is 0 Å². The normalized spacial score (nSPS) is 18.8. The molecule has 0 amide bonds. The minimum atomic E-state index is 0.657. The molecule has 108 valence electrons. The first-order chi connectivity index (χ1) is 9.79. The van der Waals surface area contributed by atoms with Crippen molar-refractivity contribution in [1.82, 2.24) is 9.55 Å². The molecule has 4 nitrogen and oxygen atoms in total. The van der Waals surface area contributed by atoms with Crippen LogP contribution in [0.2, 0.25) is 0 Å². The molecule has 0 spiro atoms. The molecule has 1 atom stereocenters. The smallest absolute Gasteiger partial charge is 0.178 e. The van der Waals surface area contributed by atoms with Crippen LogP contribution >= 0.6 is 12.2 Å². The Balaban J connectivity index is 1.88. The van der Waals surface area contributed by atoms with E-state index in [2.05, 4.69) is 15.6 Å². The van der Waals surface area contributed by atoms with Gasteiger partial charge in [0.15, 0.2) is 4.77 Å². The Bertz CT molecular complexity index is 641. The van der Waals surface area contributed by atoms with Gasteiger partial charge in [-0.1, -0.05) is 6.07 Å². The number of hydrogen-bond donors (Lipinski definition) is 1. The van der Waals surface area contributed by atoms with Crippen LogP contribution in [0.4, 0.5) is 0 Å². The summed E-state index contributed by atoms with van der Waals surface area (Å²) < 4.78 is 14.0. The topological polar surface area (TPSA) is 39.2 Å². The molecule has 0 bridgehead atoms. The third-order valence-corrected chi connectivity index (χ3v) is 4.18. The van der Waals surface area contributed by atoms with Crippen molar-refractivity contribution >= 4 is 23.3 Å². The second-order valence-electron chi connectivity index (χ2n) is 5.18. The first-order valence-electron chi connectivity index (χ1n) is 7.21. The quantitative estimate of drug-likeness (QED) is 0.857. The zero-order valence-corrected chi connectivity index (χ0v) is 12.5. The van der Waals surface area contributed by atoms with Crippen molar-refractivity contribution in [2.45, 2.75) is 26.3 Å². The highest BCUT2D eigenvalue weighted by Gasteiger charge is 2.16. The van der Waals surface area contributed by atoms with E-state index >= 15 is 0 Å². The molecule has 0 radical (unpaired) electrons. The van der Waals surface area contributed by atoms with Crippen LogP contribution in [0.5, 0.6) is 5.75 Å². The molecular weight excluding hydrogens is 272 g/mol. The Morgan fingerprint density at radius 1 is 1.50 bits per heavy atom. The summed E-state index contributed by atoms with van der Waals surface area (Å²) in [7, 11) is 0. The van der Waals surface area contributed by atoms with E-state index in [0.29, 0.717) is 12.5 Å². The summed E-state index contributed by atoms with van der Waals surface area (Å²) in [5, 5.41) is 0. The Kier molecular flexibility index (Phi) is 4.08. The number of rotatable bonds is 5. The van der Waals surface area contributed by atoms with Gasteiger partial charge in [0.05, 0.1) is 12.1 Å². The van der Waals surface area contributed by atoms with Gasteiger partial charge in [0.1, 0.15) is 11.3 Å². The standard InChI is InChI=1S/C15H20N2O2S/c1-2-19-13-5-3-4-12-14(13)16-15(20)17(12)8-6-11-7-9-18-10-11/h3-5,11H,2,6-10H2,1H3,(H,16,20). The maximum absolute atomic E-state index is 5.65. The third kappa shape index (κ3) is 2.60. The molecule has 1 aromatic carbocycles. The van der Waals surface area contributed by atoms with E-state index < -0.39 is 0 Å². The molecule has 2 heterocycles. The number of aryl methyl sites for hydroxylation is 1. The largest absolute Gasteiger partial charge is 0.492 e. The van der Waals surface area contributed by atoms with E-state index in [0.717, 1.165) is 47.7 Å². The molecule has 1 unspecified atom stereocenters. The summed E-state index contributed by atoms with van der Waals surface area (Å²) in [6.07, 6.45) is 2.28. The molecule has 0 aliphatic carbocycles. The number of aromatic nitrogens is 2. The van der Waals surface area contributed by atoms with Gasteiger partial charge >= 0.3 is 0 Å². The Morgan fingerprint density at radius 3 is 3.15 bits per heavy atom. The summed E-state index contributed by atoms with van der Waals surface area (Å²) in [6, 6.07) is 6.09. The lowest BCUT2D eigenvalue weighted by molar-refractivity contribution is 0.183. The number of ether oxygens (including phenoxy) is 2. The summed E-state index contributed by atoms with van der Waals surface area (Å²) in [6.45, 7) is 5.37. The van der Waals surface area contributed by atoms with Crippen LogP contribution in [0.3, 0.4) is 0 Å². The number of fused-ring (bicyclic) bond motifs is 1. The van der Waals surface area contributed by atoms with Gasteiger partial charge in [-0.15, -0.1) is 0 Å². The van der Waals surface area contributed by atoms with Crippen LogP contribution in [-0.2, 0) is 11.3 Å². The number of para-hydroxylation sites is 1. The van der Waals surface area contributed by atoms with Gasteiger partial charge in [-0.05, 0) is 50.0 Å².